The molecule has 15 heavy (non-hydrogen) atoms. The first kappa shape index (κ1) is 12.9. The normalized spacial score (nSPS) is 20.8. The zero-order chi connectivity index (χ0) is 11.1. The SMILES string of the molecule is CCNC(C)CCN(C)C1CCOCC1. The maximum absolute atomic E-state index is 5.38. The number of hydrogen-bond acceptors (Lipinski definition) is 3. The van der Waals surface area contributed by atoms with Crippen LogP contribution < -0.4 is 5.32 Å². The van der Waals surface area contributed by atoms with Crippen LogP contribution in [0.5, 0.6) is 0 Å². The summed E-state index contributed by atoms with van der Waals surface area (Å²) in [6.45, 7) is 8.58. The molecule has 0 aliphatic carbocycles. The molecule has 0 amide bonds. The van der Waals surface area contributed by atoms with Crippen LogP contribution in [0.15, 0.2) is 0 Å². The van der Waals surface area contributed by atoms with Gasteiger partial charge in [0, 0.05) is 25.3 Å². The van der Waals surface area contributed by atoms with E-state index in [-0.39, 0.29) is 0 Å². The number of nitrogens with zero attached hydrogens (tertiary/aromatic N) is 1. The van der Waals surface area contributed by atoms with E-state index in [1.54, 1.807) is 0 Å². The van der Waals surface area contributed by atoms with Gasteiger partial charge >= 0.3 is 0 Å². The monoisotopic (exact) mass is 214 g/mol. The Bertz CT molecular complexity index is 158. The van der Waals surface area contributed by atoms with Crippen molar-refractivity contribution >= 4 is 0 Å². The first-order chi connectivity index (χ1) is 7.24. The highest BCUT2D eigenvalue weighted by atomic mass is 16.5. The lowest BCUT2D eigenvalue weighted by Gasteiger charge is -2.31. The van der Waals surface area contributed by atoms with Gasteiger partial charge in [0.1, 0.15) is 0 Å². The minimum atomic E-state index is 0.636. The molecule has 1 atom stereocenters. The Hall–Kier alpha value is -0.120. The fraction of sp³-hybridized carbons (Fsp3) is 1.00. The summed E-state index contributed by atoms with van der Waals surface area (Å²) in [6.07, 6.45) is 3.64. The van der Waals surface area contributed by atoms with Gasteiger partial charge in [-0.15, -0.1) is 0 Å². The van der Waals surface area contributed by atoms with E-state index in [1.165, 1.54) is 25.8 Å². The Morgan fingerprint density at radius 1 is 1.40 bits per heavy atom. The number of ether oxygens (including phenoxy) is 1. The summed E-state index contributed by atoms with van der Waals surface area (Å²) in [4.78, 5) is 2.50. The van der Waals surface area contributed by atoms with Crippen LogP contribution in [0, 0.1) is 0 Å². The number of hydrogen-bond donors (Lipinski definition) is 1. The Labute approximate surface area is 94.2 Å². The predicted molar refractivity (Wildman–Crippen MR) is 64.2 cm³/mol. The average Bonchev–Trinajstić information content (AvgIpc) is 2.27. The molecule has 0 saturated carbocycles. The quantitative estimate of drug-likeness (QED) is 0.725. The van der Waals surface area contributed by atoms with E-state index in [0.717, 1.165) is 25.8 Å². The van der Waals surface area contributed by atoms with Crippen molar-refractivity contribution in [1.29, 1.82) is 0 Å². The molecule has 0 spiro atoms. The summed E-state index contributed by atoms with van der Waals surface area (Å²) in [6, 6.07) is 1.38. The standard InChI is InChI=1S/C12H26N2O/c1-4-13-11(2)5-8-14(3)12-6-9-15-10-7-12/h11-13H,4-10H2,1-3H3. The van der Waals surface area contributed by atoms with Crippen molar-refractivity contribution in [3.63, 3.8) is 0 Å². The first-order valence-electron chi connectivity index (χ1n) is 6.25. The smallest absolute Gasteiger partial charge is 0.0480 e. The van der Waals surface area contributed by atoms with Gasteiger partial charge < -0.3 is 15.0 Å². The second-order valence-corrected chi connectivity index (χ2v) is 4.57. The van der Waals surface area contributed by atoms with Crippen LogP contribution in [0.3, 0.4) is 0 Å². The molecule has 0 radical (unpaired) electrons. The van der Waals surface area contributed by atoms with Gasteiger partial charge in [0.25, 0.3) is 0 Å². The Balaban J connectivity index is 2.13. The van der Waals surface area contributed by atoms with Crippen molar-refractivity contribution in [1.82, 2.24) is 10.2 Å². The second-order valence-electron chi connectivity index (χ2n) is 4.57. The van der Waals surface area contributed by atoms with E-state index in [2.05, 4.69) is 31.1 Å². The summed E-state index contributed by atoms with van der Waals surface area (Å²) < 4.78 is 5.38. The van der Waals surface area contributed by atoms with Gasteiger partial charge in [-0.05, 0) is 46.3 Å². The van der Waals surface area contributed by atoms with E-state index in [9.17, 15) is 0 Å². The topological polar surface area (TPSA) is 24.5 Å². The maximum Gasteiger partial charge on any atom is 0.0480 e. The van der Waals surface area contributed by atoms with Crippen molar-refractivity contribution < 1.29 is 4.74 Å². The fourth-order valence-electron chi connectivity index (χ4n) is 2.16. The van der Waals surface area contributed by atoms with Crippen LogP contribution in [0.4, 0.5) is 0 Å². The third-order valence-electron chi connectivity index (χ3n) is 3.28. The zero-order valence-corrected chi connectivity index (χ0v) is 10.5. The minimum absolute atomic E-state index is 0.636. The molecule has 0 aromatic heterocycles. The maximum atomic E-state index is 5.38. The van der Waals surface area contributed by atoms with Crippen LogP contribution >= 0.6 is 0 Å². The van der Waals surface area contributed by atoms with Gasteiger partial charge in [-0.1, -0.05) is 6.92 Å². The van der Waals surface area contributed by atoms with E-state index in [1.807, 2.05) is 0 Å². The van der Waals surface area contributed by atoms with E-state index < -0.39 is 0 Å². The van der Waals surface area contributed by atoms with Gasteiger partial charge in [0.15, 0.2) is 0 Å². The minimum Gasteiger partial charge on any atom is -0.381 e. The molecular weight excluding hydrogens is 188 g/mol. The third kappa shape index (κ3) is 4.96. The van der Waals surface area contributed by atoms with Crippen LogP contribution in [0.25, 0.3) is 0 Å². The molecule has 1 heterocycles. The molecule has 0 aromatic rings. The molecule has 0 aromatic carbocycles. The van der Waals surface area contributed by atoms with Crippen LogP contribution in [0.1, 0.15) is 33.1 Å². The lowest BCUT2D eigenvalue weighted by atomic mass is 10.1. The van der Waals surface area contributed by atoms with Crippen molar-refractivity contribution in [3.8, 4) is 0 Å². The van der Waals surface area contributed by atoms with Crippen molar-refractivity contribution in [2.45, 2.75) is 45.2 Å². The highest BCUT2D eigenvalue weighted by molar-refractivity contribution is 4.73. The number of rotatable bonds is 6. The molecule has 1 fully saturated rings. The Morgan fingerprint density at radius 3 is 2.67 bits per heavy atom. The fourth-order valence-corrected chi connectivity index (χ4v) is 2.16. The molecule has 90 valence electrons. The number of nitrogens with one attached hydrogen (secondary N) is 1. The molecule has 1 aliphatic rings. The highest BCUT2D eigenvalue weighted by Crippen LogP contribution is 2.13. The van der Waals surface area contributed by atoms with E-state index in [4.69, 9.17) is 4.74 Å². The summed E-state index contributed by atoms with van der Waals surface area (Å²) in [5.74, 6) is 0. The van der Waals surface area contributed by atoms with Gasteiger partial charge in [-0.25, -0.2) is 0 Å². The lowest BCUT2D eigenvalue weighted by molar-refractivity contribution is 0.0421. The largest absolute Gasteiger partial charge is 0.381 e. The van der Waals surface area contributed by atoms with E-state index in [0.29, 0.717) is 6.04 Å². The van der Waals surface area contributed by atoms with Crippen molar-refractivity contribution in [2.24, 2.45) is 0 Å². The van der Waals surface area contributed by atoms with Crippen LogP contribution in [-0.2, 0) is 4.74 Å². The predicted octanol–water partition coefficient (Wildman–Crippen LogP) is 1.49. The lowest BCUT2D eigenvalue weighted by Crippen LogP contribution is -2.39. The first-order valence-corrected chi connectivity index (χ1v) is 6.25. The van der Waals surface area contributed by atoms with Crippen molar-refractivity contribution in [2.75, 3.05) is 33.4 Å². The molecule has 0 bridgehead atoms. The molecule has 1 aliphatic heterocycles. The third-order valence-corrected chi connectivity index (χ3v) is 3.28. The summed E-state index contributed by atoms with van der Waals surface area (Å²) >= 11 is 0. The zero-order valence-electron chi connectivity index (χ0n) is 10.5. The Kier molecular flexibility index (Phi) is 6.22. The second kappa shape index (κ2) is 7.20. The summed E-state index contributed by atoms with van der Waals surface area (Å²) in [5, 5.41) is 3.45. The van der Waals surface area contributed by atoms with Gasteiger partial charge in [-0.2, -0.15) is 0 Å². The summed E-state index contributed by atoms with van der Waals surface area (Å²) in [7, 11) is 2.24. The average molecular weight is 214 g/mol. The van der Waals surface area contributed by atoms with Gasteiger partial charge in [0.05, 0.1) is 0 Å². The van der Waals surface area contributed by atoms with Gasteiger partial charge in [0.2, 0.25) is 0 Å². The Morgan fingerprint density at radius 2 is 2.07 bits per heavy atom. The summed E-state index contributed by atoms with van der Waals surface area (Å²) in [5.41, 5.74) is 0. The molecule has 1 saturated heterocycles. The molecule has 1 N–H and O–H groups in total. The molecule has 3 heteroatoms. The van der Waals surface area contributed by atoms with Crippen molar-refractivity contribution in [3.05, 3.63) is 0 Å². The molecule has 1 rings (SSSR count). The molecule has 1 unspecified atom stereocenters. The molecular formula is C12H26N2O. The van der Waals surface area contributed by atoms with Crippen LogP contribution in [-0.4, -0.2) is 50.3 Å². The highest BCUT2D eigenvalue weighted by Gasteiger charge is 2.18. The molecule has 3 nitrogen and oxygen atoms in total. The van der Waals surface area contributed by atoms with Crippen LogP contribution in [0.2, 0.25) is 0 Å². The van der Waals surface area contributed by atoms with E-state index >= 15 is 0 Å². The van der Waals surface area contributed by atoms with Gasteiger partial charge in [-0.3, -0.25) is 0 Å².